The molecule has 0 heterocycles. The Kier molecular flexibility index (Phi) is 10.9. The lowest BCUT2D eigenvalue weighted by molar-refractivity contribution is -0.134. The molecule has 1 aliphatic carbocycles. The van der Waals surface area contributed by atoms with E-state index in [1.165, 1.54) is 11.1 Å². The summed E-state index contributed by atoms with van der Waals surface area (Å²) in [6, 6.07) is 16.0. The Hall–Kier alpha value is -3.20. The SMILES string of the molecule is C=C(/C=C\C(C)(CC)CCc1ccc(C[C@H](C)c2ccccc2)cc1F)C(=O)OC1=CC=C(CCC)CC1. The number of benzene rings is 2. The van der Waals surface area contributed by atoms with E-state index in [1.807, 2.05) is 36.4 Å². The fourth-order valence-corrected chi connectivity index (χ4v) is 4.80. The van der Waals surface area contributed by atoms with E-state index in [1.54, 1.807) is 12.1 Å². The number of aryl methyl sites for hydroxylation is 1. The third-order valence-electron chi connectivity index (χ3n) is 7.74. The van der Waals surface area contributed by atoms with Crippen LogP contribution in [-0.4, -0.2) is 5.97 Å². The molecule has 3 rings (SSSR count). The highest BCUT2D eigenvalue weighted by atomic mass is 19.1. The third kappa shape index (κ3) is 8.68. The smallest absolute Gasteiger partial charge is 0.342 e. The lowest BCUT2D eigenvalue weighted by atomic mass is 9.81. The summed E-state index contributed by atoms with van der Waals surface area (Å²) in [5.41, 5.74) is 4.56. The Morgan fingerprint density at radius 1 is 1.11 bits per heavy atom. The summed E-state index contributed by atoms with van der Waals surface area (Å²) in [5, 5.41) is 0. The summed E-state index contributed by atoms with van der Waals surface area (Å²) in [5.74, 6) is 0.471. The lowest BCUT2D eigenvalue weighted by Gasteiger charge is -2.25. The molecule has 0 saturated heterocycles. The molecular formula is C35H43FO2. The van der Waals surface area contributed by atoms with Crippen molar-refractivity contribution in [1.82, 2.24) is 0 Å². The first-order valence-corrected chi connectivity index (χ1v) is 14.0. The number of halogens is 1. The van der Waals surface area contributed by atoms with Crippen molar-refractivity contribution >= 4 is 5.97 Å². The van der Waals surface area contributed by atoms with Crippen LogP contribution in [0.2, 0.25) is 0 Å². The minimum Gasteiger partial charge on any atom is -0.427 e. The number of rotatable bonds is 13. The van der Waals surface area contributed by atoms with Crippen LogP contribution in [0.15, 0.2) is 96.3 Å². The van der Waals surface area contributed by atoms with Crippen molar-refractivity contribution in [3.8, 4) is 0 Å². The number of carbonyl (C=O) groups excluding carboxylic acids is 1. The first-order chi connectivity index (χ1) is 18.2. The van der Waals surface area contributed by atoms with Gasteiger partial charge in [0.2, 0.25) is 0 Å². The van der Waals surface area contributed by atoms with E-state index in [-0.39, 0.29) is 11.2 Å². The zero-order valence-corrected chi connectivity index (χ0v) is 23.6. The van der Waals surface area contributed by atoms with Crippen LogP contribution < -0.4 is 0 Å². The molecule has 3 heteroatoms. The van der Waals surface area contributed by atoms with Crippen LogP contribution >= 0.6 is 0 Å². The minimum atomic E-state index is -0.412. The lowest BCUT2D eigenvalue weighted by Crippen LogP contribution is -2.14. The van der Waals surface area contributed by atoms with Gasteiger partial charge in [0.25, 0.3) is 0 Å². The number of hydrogen-bond donors (Lipinski definition) is 0. The molecule has 0 N–H and O–H groups in total. The zero-order valence-electron chi connectivity index (χ0n) is 23.6. The van der Waals surface area contributed by atoms with Crippen LogP contribution in [0.3, 0.4) is 0 Å². The average Bonchev–Trinajstić information content (AvgIpc) is 2.93. The van der Waals surface area contributed by atoms with Crippen LogP contribution in [0.5, 0.6) is 0 Å². The molecule has 2 aromatic rings. The molecule has 202 valence electrons. The highest BCUT2D eigenvalue weighted by Crippen LogP contribution is 2.31. The molecule has 38 heavy (non-hydrogen) atoms. The fraction of sp³-hybridized carbons (Fsp3) is 0.400. The van der Waals surface area contributed by atoms with Crippen LogP contribution in [0, 0.1) is 11.2 Å². The Balaban J connectivity index is 1.55. The number of allylic oxidation sites excluding steroid dienone is 5. The normalized spacial score (nSPS) is 15.9. The van der Waals surface area contributed by atoms with Gasteiger partial charge in [0.15, 0.2) is 0 Å². The second-order valence-corrected chi connectivity index (χ2v) is 10.9. The topological polar surface area (TPSA) is 26.3 Å². The van der Waals surface area contributed by atoms with Gasteiger partial charge in [-0.3, -0.25) is 0 Å². The molecule has 0 aromatic heterocycles. The number of ether oxygens (including phenoxy) is 1. The van der Waals surface area contributed by atoms with E-state index in [0.29, 0.717) is 23.7 Å². The zero-order chi connectivity index (χ0) is 27.5. The molecule has 2 aromatic carbocycles. The second kappa shape index (κ2) is 14.1. The van der Waals surface area contributed by atoms with Crippen molar-refractivity contribution in [1.29, 1.82) is 0 Å². The number of esters is 1. The minimum absolute atomic E-state index is 0.143. The summed E-state index contributed by atoms with van der Waals surface area (Å²) >= 11 is 0. The number of carbonyl (C=O) groups is 1. The maximum atomic E-state index is 15.0. The van der Waals surface area contributed by atoms with Crippen molar-refractivity contribution in [3.05, 3.63) is 119 Å². The van der Waals surface area contributed by atoms with Gasteiger partial charge in [0.05, 0.1) is 5.57 Å². The van der Waals surface area contributed by atoms with Crippen molar-refractivity contribution in [3.63, 3.8) is 0 Å². The molecular weight excluding hydrogens is 471 g/mol. The van der Waals surface area contributed by atoms with E-state index in [4.69, 9.17) is 4.74 Å². The third-order valence-corrected chi connectivity index (χ3v) is 7.74. The maximum Gasteiger partial charge on any atom is 0.342 e. The van der Waals surface area contributed by atoms with E-state index >= 15 is 0 Å². The van der Waals surface area contributed by atoms with Crippen molar-refractivity contribution in [2.75, 3.05) is 0 Å². The Morgan fingerprint density at radius 2 is 1.87 bits per heavy atom. The molecule has 0 saturated carbocycles. The van der Waals surface area contributed by atoms with Gasteiger partial charge in [-0.2, -0.15) is 0 Å². The molecule has 0 bridgehead atoms. The van der Waals surface area contributed by atoms with Gasteiger partial charge < -0.3 is 4.74 Å². The summed E-state index contributed by atoms with van der Waals surface area (Å²) in [7, 11) is 0. The molecule has 0 spiro atoms. The Morgan fingerprint density at radius 3 is 2.50 bits per heavy atom. The van der Waals surface area contributed by atoms with E-state index < -0.39 is 5.97 Å². The maximum absolute atomic E-state index is 15.0. The number of hydrogen-bond acceptors (Lipinski definition) is 2. The van der Waals surface area contributed by atoms with E-state index in [2.05, 4.69) is 58.5 Å². The molecule has 1 aliphatic rings. The largest absolute Gasteiger partial charge is 0.427 e. The fourth-order valence-electron chi connectivity index (χ4n) is 4.80. The Bertz CT molecular complexity index is 1190. The second-order valence-electron chi connectivity index (χ2n) is 10.9. The van der Waals surface area contributed by atoms with Gasteiger partial charge in [-0.15, -0.1) is 0 Å². The first kappa shape index (κ1) is 29.4. The van der Waals surface area contributed by atoms with Gasteiger partial charge in [0.1, 0.15) is 11.6 Å². The van der Waals surface area contributed by atoms with E-state index in [0.717, 1.165) is 56.1 Å². The summed E-state index contributed by atoms with van der Waals surface area (Å²) in [4.78, 5) is 12.6. The standard InChI is InChI=1S/C35H43FO2/c1-6-11-28-15-18-32(19-16-28)38-34(37)26(3)20-22-35(5,7-2)23-21-31-17-14-29(25-33(31)36)24-27(4)30-12-9-8-10-13-30/h8-10,12-15,17-18,20,22,25,27H,3,6-7,11,16,19,21,23-24H2,1-2,4-5H3/b22-20-/t27-,35?/m0/s1. The van der Waals surface area contributed by atoms with Gasteiger partial charge in [0, 0.05) is 6.42 Å². The molecule has 0 radical (unpaired) electrons. The van der Waals surface area contributed by atoms with Crippen LogP contribution in [0.4, 0.5) is 4.39 Å². The predicted molar refractivity (Wildman–Crippen MR) is 156 cm³/mol. The highest BCUT2D eigenvalue weighted by Gasteiger charge is 2.21. The van der Waals surface area contributed by atoms with Gasteiger partial charge in [-0.1, -0.05) is 107 Å². The summed E-state index contributed by atoms with van der Waals surface area (Å²) < 4.78 is 20.6. The first-order valence-electron chi connectivity index (χ1n) is 14.0. The van der Waals surface area contributed by atoms with Crippen molar-refractivity contribution in [2.24, 2.45) is 5.41 Å². The van der Waals surface area contributed by atoms with Crippen LogP contribution in [0.1, 0.15) is 88.8 Å². The summed E-state index contributed by atoms with van der Waals surface area (Å²) in [6.07, 6.45) is 14.7. The van der Waals surface area contributed by atoms with E-state index in [9.17, 15) is 9.18 Å². The van der Waals surface area contributed by atoms with Gasteiger partial charge >= 0.3 is 5.97 Å². The van der Waals surface area contributed by atoms with Crippen LogP contribution in [0.25, 0.3) is 0 Å². The average molecular weight is 515 g/mol. The van der Waals surface area contributed by atoms with Gasteiger partial charge in [-0.05, 0) is 78.7 Å². The molecule has 0 amide bonds. The highest BCUT2D eigenvalue weighted by molar-refractivity contribution is 5.91. The van der Waals surface area contributed by atoms with Crippen molar-refractivity contribution < 1.29 is 13.9 Å². The molecule has 2 atom stereocenters. The monoisotopic (exact) mass is 514 g/mol. The predicted octanol–water partition coefficient (Wildman–Crippen LogP) is 9.58. The molecule has 1 unspecified atom stereocenters. The summed E-state index contributed by atoms with van der Waals surface area (Å²) in [6.45, 7) is 12.5. The molecule has 0 aliphatic heterocycles. The quantitative estimate of drug-likeness (QED) is 0.151. The Labute approximate surface area is 229 Å². The molecule has 0 fully saturated rings. The van der Waals surface area contributed by atoms with Crippen molar-refractivity contribution in [2.45, 2.75) is 85.0 Å². The van der Waals surface area contributed by atoms with Gasteiger partial charge in [-0.25, -0.2) is 9.18 Å². The van der Waals surface area contributed by atoms with Crippen LogP contribution in [-0.2, 0) is 22.4 Å². The molecule has 2 nitrogen and oxygen atoms in total.